The number of piperidine rings is 1. The molecule has 110 valence electrons. The highest BCUT2D eigenvalue weighted by Gasteiger charge is 2.33. The van der Waals surface area contributed by atoms with Crippen LogP contribution < -0.4 is 10.6 Å². The monoisotopic (exact) mass is 307 g/mol. The van der Waals surface area contributed by atoms with Gasteiger partial charge in [0.2, 0.25) is 5.91 Å². The van der Waals surface area contributed by atoms with Crippen molar-refractivity contribution >= 4 is 23.3 Å². The number of primary amides is 1. The van der Waals surface area contributed by atoms with Crippen molar-refractivity contribution in [1.82, 2.24) is 4.98 Å². The Labute approximate surface area is 118 Å². The number of nitrogens with zero attached hydrogens (tertiary/aromatic N) is 2. The fourth-order valence-electron chi connectivity index (χ4n) is 2.22. The normalized spacial score (nSPS) is 20.0. The molecule has 0 spiro atoms. The first kappa shape index (κ1) is 14.9. The zero-order valence-corrected chi connectivity index (χ0v) is 11.2. The molecule has 0 aliphatic carbocycles. The fourth-order valence-corrected chi connectivity index (χ4v) is 2.51. The van der Waals surface area contributed by atoms with Crippen molar-refractivity contribution in [3.8, 4) is 0 Å². The summed E-state index contributed by atoms with van der Waals surface area (Å²) in [5, 5.41) is -0.0788. The summed E-state index contributed by atoms with van der Waals surface area (Å²) < 4.78 is 37.6. The van der Waals surface area contributed by atoms with Crippen LogP contribution in [0, 0.1) is 5.92 Å². The van der Waals surface area contributed by atoms with Crippen molar-refractivity contribution in [1.29, 1.82) is 0 Å². The van der Waals surface area contributed by atoms with Gasteiger partial charge in [-0.15, -0.1) is 0 Å². The molecule has 0 aromatic carbocycles. The zero-order chi connectivity index (χ0) is 14.9. The van der Waals surface area contributed by atoms with Crippen LogP contribution in [-0.4, -0.2) is 24.0 Å². The summed E-state index contributed by atoms with van der Waals surface area (Å²) in [6, 6.07) is 0.845. The van der Waals surface area contributed by atoms with Gasteiger partial charge in [0.15, 0.2) is 0 Å². The van der Waals surface area contributed by atoms with E-state index in [0.717, 1.165) is 12.3 Å². The van der Waals surface area contributed by atoms with Crippen LogP contribution in [-0.2, 0) is 11.0 Å². The van der Waals surface area contributed by atoms with Crippen LogP contribution in [0.5, 0.6) is 0 Å². The Balaban J connectivity index is 2.23. The predicted molar refractivity (Wildman–Crippen MR) is 68.4 cm³/mol. The Hall–Kier alpha value is -1.50. The van der Waals surface area contributed by atoms with Gasteiger partial charge in [-0.2, -0.15) is 13.2 Å². The predicted octanol–water partition coefficient (Wildman–Crippen LogP) is 2.46. The van der Waals surface area contributed by atoms with Crippen LogP contribution in [0.4, 0.5) is 19.0 Å². The van der Waals surface area contributed by atoms with Crippen molar-refractivity contribution in [2.24, 2.45) is 11.7 Å². The van der Waals surface area contributed by atoms with Gasteiger partial charge in [0.1, 0.15) is 5.82 Å². The maximum absolute atomic E-state index is 12.5. The van der Waals surface area contributed by atoms with Crippen LogP contribution in [0.2, 0.25) is 5.02 Å². The highest BCUT2D eigenvalue weighted by Crippen LogP contribution is 2.34. The molecule has 20 heavy (non-hydrogen) atoms. The number of nitrogens with two attached hydrogens (primary N) is 1. The minimum absolute atomic E-state index is 0.0788. The van der Waals surface area contributed by atoms with Gasteiger partial charge in [-0.25, -0.2) is 4.98 Å². The molecule has 1 fully saturated rings. The van der Waals surface area contributed by atoms with Crippen LogP contribution in [0.1, 0.15) is 18.4 Å². The van der Waals surface area contributed by atoms with Crippen molar-refractivity contribution in [2.75, 3.05) is 18.0 Å². The van der Waals surface area contributed by atoms with Crippen LogP contribution in [0.15, 0.2) is 12.3 Å². The second kappa shape index (κ2) is 5.47. The summed E-state index contributed by atoms with van der Waals surface area (Å²) in [5.41, 5.74) is 4.37. The Morgan fingerprint density at radius 3 is 2.75 bits per heavy atom. The molecular weight excluding hydrogens is 295 g/mol. The molecule has 0 unspecified atom stereocenters. The summed E-state index contributed by atoms with van der Waals surface area (Å²) in [6.07, 6.45) is -2.35. The van der Waals surface area contributed by atoms with Gasteiger partial charge >= 0.3 is 6.18 Å². The van der Waals surface area contributed by atoms with Gasteiger partial charge in [0, 0.05) is 19.3 Å². The first-order valence-electron chi connectivity index (χ1n) is 6.06. The number of pyridine rings is 1. The van der Waals surface area contributed by atoms with E-state index in [9.17, 15) is 18.0 Å². The molecule has 1 aromatic heterocycles. The lowest BCUT2D eigenvalue weighted by Crippen LogP contribution is -2.41. The number of alkyl halides is 3. The van der Waals surface area contributed by atoms with Gasteiger partial charge in [-0.3, -0.25) is 4.79 Å². The minimum Gasteiger partial charge on any atom is -0.369 e. The number of carbonyl (C=O) groups is 1. The fraction of sp³-hybridized carbons (Fsp3) is 0.500. The molecule has 4 nitrogen and oxygen atoms in total. The van der Waals surface area contributed by atoms with Crippen molar-refractivity contribution < 1.29 is 18.0 Å². The van der Waals surface area contributed by atoms with Crippen molar-refractivity contribution in [3.05, 3.63) is 22.8 Å². The van der Waals surface area contributed by atoms with E-state index in [-0.39, 0.29) is 16.8 Å². The van der Waals surface area contributed by atoms with Gasteiger partial charge in [-0.05, 0) is 18.9 Å². The Kier molecular flexibility index (Phi) is 4.08. The molecule has 1 aliphatic rings. The SMILES string of the molecule is NC(=O)[C@@H]1CCCN(c2ncc(C(F)(F)F)cc2Cl)C1. The van der Waals surface area contributed by atoms with Gasteiger partial charge in [0.25, 0.3) is 0 Å². The summed E-state index contributed by atoms with van der Waals surface area (Å²) >= 11 is 5.88. The van der Waals surface area contributed by atoms with E-state index >= 15 is 0 Å². The molecule has 1 atom stereocenters. The van der Waals surface area contributed by atoms with E-state index in [2.05, 4.69) is 4.98 Å². The summed E-state index contributed by atoms with van der Waals surface area (Å²) in [4.78, 5) is 16.7. The van der Waals surface area contributed by atoms with Crippen molar-refractivity contribution in [3.63, 3.8) is 0 Å². The maximum atomic E-state index is 12.5. The highest BCUT2D eigenvalue weighted by atomic mass is 35.5. The molecule has 0 saturated carbocycles. The smallest absolute Gasteiger partial charge is 0.369 e. The number of hydrogen-bond acceptors (Lipinski definition) is 3. The molecule has 2 rings (SSSR count). The third-order valence-corrected chi connectivity index (χ3v) is 3.55. The number of aromatic nitrogens is 1. The lowest BCUT2D eigenvalue weighted by Gasteiger charge is -2.32. The minimum atomic E-state index is -4.48. The largest absolute Gasteiger partial charge is 0.417 e. The molecule has 1 saturated heterocycles. The quantitative estimate of drug-likeness (QED) is 0.913. The molecule has 2 N–H and O–H groups in total. The van der Waals surface area contributed by atoms with Gasteiger partial charge in [0.05, 0.1) is 16.5 Å². The van der Waals surface area contributed by atoms with E-state index < -0.39 is 17.6 Å². The molecule has 0 bridgehead atoms. The first-order valence-corrected chi connectivity index (χ1v) is 6.44. The third-order valence-electron chi connectivity index (χ3n) is 3.27. The molecule has 0 radical (unpaired) electrons. The average molecular weight is 308 g/mol. The second-order valence-corrected chi connectivity index (χ2v) is 5.12. The number of amides is 1. The van der Waals surface area contributed by atoms with E-state index in [1.54, 1.807) is 4.90 Å². The third kappa shape index (κ3) is 3.15. The number of hydrogen-bond donors (Lipinski definition) is 1. The highest BCUT2D eigenvalue weighted by molar-refractivity contribution is 6.33. The standard InChI is InChI=1S/C12H13ClF3N3O/c13-9-4-8(12(14,15)16)5-18-11(9)19-3-1-2-7(6-19)10(17)20/h4-5,7H,1-3,6H2,(H2,17,20)/t7-/m1/s1. The summed E-state index contributed by atoms with van der Waals surface area (Å²) in [7, 11) is 0. The summed E-state index contributed by atoms with van der Waals surface area (Å²) in [6.45, 7) is 0.912. The molecule has 1 amide bonds. The van der Waals surface area contributed by atoms with E-state index in [1.165, 1.54) is 0 Å². The van der Waals surface area contributed by atoms with Crippen LogP contribution in [0.25, 0.3) is 0 Å². The van der Waals surface area contributed by atoms with Gasteiger partial charge < -0.3 is 10.6 Å². The topological polar surface area (TPSA) is 59.2 Å². The Morgan fingerprint density at radius 2 is 2.20 bits per heavy atom. The number of carbonyl (C=O) groups excluding carboxylic acids is 1. The zero-order valence-electron chi connectivity index (χ0n) is 10.5. The van der Waals surface area contributed by atoms with E-state index in [4.69, 9.17) is 17.3 Å². The average Bonchev–Trinajstić information content (AvgIpc) is 2.37. The lowest BCUT2D eigenvalue weighted by atomic mass is 9.97. The molecule has 1 aromatic rings. The van der Waals surface area contributed by atoms with E-state index in [0.29, 0.717) is 25.9 Å². The van der Waals surface area contributed by atoms with Crippen molar-refractivity contribution in [2.45, 2.75) is 19.0 Å². The number of rotatable bonds is 2. The second-order valence-electron chi connectivity index (χ2n) is 4.71. The van der Waals surface area contributed by atoms with Gasteiger partial charge in [-0.1, -0.05) is 11.6 Å². The number of anilines is 1. The van der Waals surface area contributed by atoms with E-state index in [1.807, 2.05) is 0 Å². The molecular formula is C12H13ClF3N3O. The maximum Gasteiger partial charge on any atom is 0.417 e. The number of halogens is 4. The first-order chi connectivity index (χ1) is 9.29. The Bertz CT molecular complexity index is 521. The van der Waals surface area contributed by atoms with Crippen LogP contribution in [0.3, 0.4) is 0 Å². The van der Waals surface area contributed by atoms with Crippen LogP contribution >= 0.6 is 11.6 Å². The molecule has 1 aliphatic heterocycles. The molecule has 2 heterocycles. The molecule has 8 heteroatoms. The summed E-state index contributed by atoms with van der Waals surface area (Å²) in [5.74, 6) is -0.493. The lowest BCUT2D eigenvalue weighted by molar-refractivity contribution is -0.137. The Morgan fingerprint density at radius 1 is 1.50 bits per heavy atom.